The summed E-state index contributed by atoms with van der Waals surface area (Å²) >= 11 is 0. The Morgan fingerprint density at radius 3 is 2.56 bits per heavy atom. The average molecular weight is 439 g/mol. The van der Waals surface area contributed by atoms with Crippen molar-refractivity contribution < 1.29 is 14.3 Å². The van der Waals surface area contributed by atoms with E-state index in [1.54, 1.807) is 0 Å². The summed E-state index contributed by atoms with van der Waals surface area (Å²) in [6, 6.07) is 14.2. The highest BCUT2D eigenvalue weighted by molar-refractivity contribution is 5.73. The van der Waals surface area contributed by atoms with Crippen LogP contribution in [0.15, 0.2) is 42.5 Å². The van der Waals surface area contributed by atoms with Crippen molar-refractivity contribution in [3.05, 3.63) is 48.0 Å². The molecule has 0 bridgehead atoms. The lowest BCUT2D eigenvalue weighted by Gasteiger charge is -2.39. The molecule has 0 radical (unpaired) electrons. The Balaban J connectivity index is 1.35. The molecule has 2 aliphatic rings. The van der Waals surface area contributed by atoms with Gasteiger partial charge in [0, 0.05) is 33.0 Å². The number of benzene rings is 1. The molecule has 2 aromatic rings. The van der Waals surface area contributed by atoms with E-state index in [9.17, 15) is 4.79 Å². The summed E-state index contributed by atoms with van der Waals surface area (Å²) < 4.78 is 12.1. The van der Waals surface area contributed by atoms with Crippen molar-refractivity contribution in [3.63, 3.8) is 0 Å². The molecule has 1 amide bonds. The minimum absolute atomic E-state index is 0.0149. The highest BCUT2D eigenvalue weighted by Gasteiger charge is 2.29. The maximum Gasteiger partial charge on any atom is 0.217 e. The van der Waals surface area contributed by atoms with Crippen LogP contribution in [0.4, 0.5) is 11.6 Å². The molecule has 2 aliphatic heterocycles. The van der Waals surface area contributed by atoms with Gasteiger partial charge in [0.05, 0.1) is 24.8 Å². The molecule has 4 rings (SSSR count). The van der Waals surface area contributed by atoms with Crippen LogP contribution in [0.3, 0.4) is 0 Å². The molecule has 2 saturated heterocycles. The molecule has 3 heterocycles. The molecule has 0 saturated carbocycles. The molecule has 172 valence electrons. The number of rotatable bonds is 6. The Labute approximate surface area is 190 Å². The minimum Gasteiger partial charge on any atom is -0.489 e. The maximum atomic E-state index is 11.3. The van der Waals surface area contributed by atoms with Gasteiger partial charge in [0.1, 0.15) is 23.5 Å². The van der Waals surface area contributed by atoms with E-state index >= 15 is 0 Å². The SMILES string of the molecule is CC(=O)N[C@@H](C)c1ccc(O[C@@H]2CCN(c3cccc(N4CCOC(C)(C)C4)n3)C2)cc1. The fourth-order valence-electron chi connectivity index (χ4n) is 4.42. The molecule has 2 atom stereocenters. The molecule has 7 heteroatoms. The zero-order valence-corrected chi connectivity index (χ0v) is 19.5. The van der Waals surface area contributed by atoms with Gasteiger partial charge >= 0.3 is 0 Å². The Morgan fingerprint density at radius 2 is 1.88 bits per heavy atom. The highest BCUT2D eigenvalue weighted by Crippen LogP contribution is 2.27. The molecule has 32 heavy (non-hydrogen) atoms. The second kappa shape index (κ2) is 9.36. The summed E-state index contributed by atoms with van der Waals surface area (Å²) in [6.07, 6.45) is 1.09. The summed E-state index contributed by atoms with van der Waals surface area (Å²) in [7, 11) is 0. The van der Waals surface area contributed by atoms with Crippen LogP contribution in [-0.4, -0.2) is 55.4 Å². The van der Waals surface area contributed by atoms with Crippen molar-refractivity contribution in [2.75, 3.05) is 42.6 Å². The Bertz CT molecular complexity index is 931. The van der Waals surface area contributed by atoms with Crippen molar-refractivity contribution >= 4 is 17.5 Å². The van der Waals surface area contributed by atoms with Crippen LogP contribution < -0.4 is 19.9 Å². The van der Waals surface area contributed by atoms with E-state index in [-0.39, 0.29) is 23.7 Å². The van der Waals surface area contributed by atoms with Gasteiger partial charge in [-0.3, -0.25) is 4.79 Å². The van der Waals surface area contributed by atoms with Crippen LogP contribution >= 0.6 is 0 Å². The number of anilines is 2. The number of nitrogens with zero attached hydrogens (tertiary/aromatic N) is 3. The van der Waals surface area contributed by atoms with Crippen molar-refractivity contribution in [1.29, 1.82) is 0 Å². The first kappa shape index (κ1) is 22.4. The first-order valence-electron chi connectivity index (χ1n) is 11.4. The Kier molecular flexibility index (Phi) is 6.55. The lowest BCUT2D eigenvalue weighted by Crippen LogP contribution is -2.48. The standard InChI is InChI=1S/C25H34N4O3/c1-18(26-19(2)30)20-8-10-21(11-9-20)32-22-12-13-28(16-22)23-6-5-7-24(27-23)29-14-15-31-25(3,4)17-29/h5-11,18,22H,12-17H2,1-4H3,(H,26,30)/t18-,22+/m0/s1. The van der Waals surface area contributed by atoms with Crippen LogP contribution in [0.2, 0.25) is 0 Å². The van der Waals surface area contributed by atoms with Crippen molar-refractivity contribution in [1.82, 2.24) is 10.3 Å². The van der Waals surface area contributed by atoms with Gasteiger partial charge in [0.2, 0.25) is 5.91 Å². The van der Waals surface area contributed by atoms with Gasteiger partial charge in [0.15, 0.2) is 0 Å². The fourth-order valence-corrected chi connectivity index (χ4v) is 4.42. The fraction of sp³-hybridized carbons (Fsp3) is 0.520. The Morgan fingerprint density at radius 1 is 1.16 bits per heavy atom. The van der Waals surface area contributed by atoms with Crippen molar-refractivity contribution in [2.24, 2.45) is 0 Å². The van der Waals surface area contributed by atoms with E-state index in [4.69, 9.17) is 14.5 Å². The second-order valence-corrected chi connectivity index (χ2v) is 9.35. The zero-order chi connectivity index (χ0) is 22.7. The molecule has 0 unspecified atom stereocenters. The third-order valence-corrected chi connectivity index (χ3v) is 6.04. The summed E-state index contributed by atoms with van der Waals surface area (Å²) in [5.41, 5.74) is 0.908. The second-order valence-electron chi connectivity index (χ2n) is 9.35. The maximum absolute atomic E-state index is 11.3. The Hall–Kier alpha value is -2.80. The van der Waals surface area contributed by atoms with E-state index in [1.807, 2.05) is 31.2 Å². The van der Waals surface area contributed by atoms with Crippen LogP contribution in [0.5, 0.6) is 5.75 Å². The molecule has 0 spiro atoms. The monoisotopic (exact) mass is 438 g/mol. The molecular weight excluding hydrogens is 404 g/mol. The van der Waals surface area contributed by atoms with E-state index in [0.29, 0.717) is 0 Å². The van der Waals surface area contributed by atoms with Gasteiger partial charge in [-0.05, 0) is 50.6 Å². The molecule has 2 fully saturated rings. The van der Waals surface area contributed by atoms with Crippen LogP contribution in [0.25, 0.3) is 0 Å². The lowest BCUT2D eigenvalue weighted by molar-refractivity contribution is -0.119. The topological polar surface area (TPSA) is 66.9 Å². The van der Waals surface area contributed by atoms with E-state index in [1.165, 1.54) is 6.92 Å². The van der Waals surface area contributed by atoms with E-state index in [0.717, 1.165) is 62.2 Å². The van der Waals surface area contributed by atoms with Crippen LogP contribution in [0.1, 0.15) is 45.7 Å². The summed E-state index contributed by atoms with van der Waals surface area (Å²) in [4.78, 5) is 20.8. The molecule has 0 aliphatic carbocycles. The predicted molar refractivity (Wildman–Crippen MR) is 126 cm³/mol. The predicted octanol–water partition coefficient (Wildman–Crippen LogP) is 3.55. The van der Waals surface area contributed by atoms with Crippen molar-refractivity contribution in [2.45, 2.75) is 51.9 Å². The van der Waals surface area contributed by atoms with E-state index in [2.05, 4.69) is 47.2 Å². The highest BCUT2D eigenvalue weighted by atomic mass is 16.5. The largest absolute Gasteiger partial charge is 0.489 e. The number of pyridine rings is 1. The minimum atomic E-state index is -0.155. The molecule has 1 aromatic carbocycles. The zero-order valence-electron chi connectivity index (χ0n) is 19.5. The number of morpholine rings is 1. The first-order chi connectivity index (χ1) is 15.3. The number of ether oxygens (including phenoxy) is 2. The molecule has 7 nitrogen and oxygen atoms in total. The number of nitrogens with one attached hydrogen (secondary N) is 1. The summed E-state index contributed by atoms with van der Waals surface area (Å²) in [5.74, 6) is 2.83. The van der Waals surface area contributed by atoms with Crippen LogP contribution in [-0.2, 0) is 9.53 Å². The van der Waals surface area contributed by atoms with Gasteiger partial charge in [-0.25, -0.2) is 4.98 Å². The van der Waals surface area contributed by atoms with Gasteiger partial charge < -0.3 is 24.6 Å². The van der Waals surface area contributed by atoms with Gasteiger partial charge in [0.25, 0.3) is 0 Å². The van der Waals surface area contributed by atoms with Crippen molar-refractivity contribution in [3.8, 4) is 5.75 Å². The van der Waals surface area contributed by atoms with Gasteiger partial charge in [-0.1, -0.05) is 18.2 Å². The normalized spacial score (nSPS) is 21.3. The summed E-state index contributed by atoms with van der Waals surface area (Å²) in [5, 5.41) is 2.90. The number of hydrogen-bond acceptors (Lipinski definition) is 6. The molecule has 1 aromatic heterocycles. The number of hydrogen-bond donors (Lipinski definition) is 1. The quantitative estimate of drug-likeness (QED) is 0.744. The van der Waals surface area contributed by atoms with Gasteiger partial charge in [-0.15, -0.1) is 0 Å². The lowest BCUT2D eigenvalue weighted by atomic mass is 10.1. The molecule has 1 N–H and O–H groups in total. The number of carbonyl (C=O) groups excluding carboxylic acids is 1. The van der Waals surface area contributed by atoms with Gasteiger partial charge in [-0.2, -0.15) is 0 Å². The summed E-state index contributed by atoms with van der Waals surface area (Å²) in [6.45, 7) is 11.9. The number of aromatic nitrogens is 1. The smallest absolute Gasteiger partial charge is 0.217 e. The van der Waals surface area contributed by atoms with E-state index < -0.39 is 0 Å². The van der Waals surface area contributed by atoms with Crippen LogP contribution in [0, 0.1) is 0 Å². The average Bonchev–Trinajstić information content (AvgIpc) is 3.22. The first-order valence-corrected chi connectivity index (χ1v) is 11.4. The number of carbonyl (C=O) groups is 1. The third-order valence-electron chi connectivity index (χ3n) is 6.04. The third kappa shape index (κ3) is 5.51. The number of amides is 1. The molecular formula is C25H34N4O3.